The molecule has 1 saturated heterocycles. The second-order valence-corrected chi connectivity index (χ2v) is 7.14. The van der Waals surface area contributed by atoms with Gasteiger partial charge in [0, 0.05) is 17.4 Å². The predicted molar refractivity (Wildman–Crippen MR) is 94.9 cm³/mol. The zero-order valence-corrected chi connectivity index (χ0v) is 15.6. The summed E-state index contributed by atoms with van der Waals surface area (Å²) in [6.07, 6.45) is 3.86. The fourth-order valence-corrected chi connectivity index (χ4v) is 4.33. The molecule has 0 unspecified atom stereocenters. The molecular formula is C18H24NO5S-. The molecule has 25 heavy (non-hydrogen) atoms. The fraction of sp³-hybridized carbons (Fsp3) is 0.556. The smallest absolute Gasteiger partial charge is 0.255 e. The Morgan fingerprint density at radius 3 is 2.36 bits per heavy atom. The van der Waals surface area contributed by atoms with Crippen LogP contribution in [0.4, 0.5) is 0 Å². The Kier molecular flexibility index (Phi) is 6.99. The topological polar surface area (TPSA) is 78.9 Å². The number of carboxylic acid groups (broad SMARTS) is 1. The Labute approximate surface area is 152 Å². The van der Waals surface area contributed by atoms with Crippen LogP contribution in [0.5, 0.6) is 11.5 Å². The molecule has 0 bridgehead atoms. The van der Waals surface area contributed by atoms with Crippen LogP contribution in [0, 0.1) is 0 Å². The molecule has 1 heterocycles. The molecule has 1 aromatic rings. The van der Waals surface area contributed by atoms with Crippen molar-refractivity contribution >= 4 is 23.6 Å². The lowest BCUT2D eigenvalue weighted by atomic mass is 10.1. The number of amides is 1. The summed E-state index contributed by atoms with van der Waals surface area (Å²) in [5, 5.41) is 11.3. The number of aliphatic carboxylic acids is 1. The van der Waals surface area contributed by atoms with Crippen LogP contribution in [-0.4, -0.2) is 48.2 Å². The number of benzene rings is 1. The second-order valence-electron chi connectivity index (χ2n) is 5.93. The molecule has 138 valence electrons. The van der Waals surface area contributed by atoms with Gasteiger partial charge in [-0.25, -0.2) is 0 Å². The molecule has 1 aliphatic rings. The lowest BCUT2D eigenvalue weighted by Gasteiger charge is -2.30. The van der Waals surface area contributed by atoms with Crippen LogP contribution < -0.4 is 14.6 Å². The number of rotatable bonds is 8. The van der Waals surface area contributed by atoms with E-state index in [2.05, 4.69) is 6.92 Å². The van der Waals surface area contributed by atoms with E-state index in [9.17, 15) is 14.7 Å². The van der Waals surface area contributed by atoms with Crippen molar-refractivity contribution in [2.24, 2.45) is 0 Å². The maximum Gasteiger partial charge on any atom is 0.255 e. The second kappa shape index (κ2) is 8.99. The van der Waals surface area contributed by atoms with Gasteiger partial charge in [0.25, 0.3) is 5.91 Å². The summed E-state index contributed by atoms with van der Waals surface area (Å²) in [6.45, 7) is 2.11. The van der Waals surface area contributed by atoms with Crippen molar-refractivity contribution in [2.75, 3.05) is 20.0 Å². The number of carbonyl (C=O) groups is 2. The minimum atomic E-state index is -1.21. The van der Waals surface area contributed by atoms with E-state index in [0.29, 0.717) is 22.8 Å². The number of carbonyl (C=O) groups excluding carboxylic acids is 2. The molecule has 2 atom stereocenters. The summed E-state index contributed by atoms with van der Waals surface area (Å²) in [7, 11) is 3.01. The minimum absolute atomic E-state index is 0.154. The average Bonchev–Trinajstić information content (AvgIpc) is 3.04. The number of thioether (sulfide) groups is 1. The van der Waals surface area contributed by atoms with E-state index >= 15 is 0 Å². The number of hydrogen-bond donors (Lipinski definition) is 0. The largest absolute Gasteiger partial charge is 0.548 e. The van der Waals surface area contributed by atoms with E-state index in [4.69, 9.17) is 9.47 Å². The molecule has 7 heteroatoms. The molecule has 0 saturated carbocycles. The Bertz CT molecular complexity index is 599. The first kappa shape index (κ1) is 19.4. The van der Waals surface area contributed by atoms with Crippen molar-refractivity contribution in [2.45, 2.75) is 44.0 Å². The normalized spacial score (nSPS) is 19.7. The van der Waals surface area contributed by atoms with Gasteiger partial charge >= 0.3 is 0 Å². The monoisotopic (exact) mass is 366 g/mol. The van der Waals surface area contributed by atoms with Crippen molar-refractivity contribution in [3.8, 4) is 11.5 Å². The molecule has 0 spiro atoms. The first-order valence-electron chi connectivity index (χ1n) is 8.40. The van der Waals surface area contributed by atoms with Gasteiger partial charge in [-0.3, -0.25) is 4.79 Å². The molecular weight excluding hydrogens is 342 g/mol. The van der Waals surface area contributed by atoms with Gasteiger partial charge in [-0.1, -0.05) is 26.2 Å². The van der Waals surface area contributed by atoms with Gasteiger partial charge in [-0.05, 0) is 18.6 Å². The van der Waals surface area contributed by atoms with Crippen LogP contribution in [0.2, 0.25) is 0 Å². The zero-order chi connectivity index (χ0) is 18.4. The zero-order valence-electron chi connectivity index (χ0n) is 14.8. The van der Waals surface area contributed by atoms with Gasteiger partial charge in [0.15, 0.2) is 0 Å². The molecule has 0 radical (unpaired) electrons. The number of nitrogens with zero attached hydrogens (tertiary/aromatic N) is 1. The van der Waals surface area contributed by atoms with Gasteiger partial charge < -0.3 is 24.3 Å². The summed E-state index contributed by atoms with van der Waals surface area (Å²) in [5.74, 6) is -0.220. The first-order valence-corrected chi connectivity index (χ1v) is 9.44. The summed E-state index contributed by atoms with van der Waals surface area (Å²) in [6, 6.07) is 3.96. The molecule has 0 N–H and O–H groups in total. The Hall–Kier alpha value is -1.89. The number of methoxy groups -OCH3 is 2. The van der Waals surface area contributed by atoms with E-state index in [1.165, 1.54) is 30.9 Å². The van der Waals surface area contributed by atoms with Crippen molar-refractivity contribution in [3.05, 3.63) is 23.8 Å². The summed E-state index contributed by atoms with van der Waals surface area (Å²) >= 11 is 1.50. The molecule has 1 fully saturated rings. The summed E-state index contributed by atoms with van der Waals surface area (Å²) in [5.41, 5.74) is 0.352. The van der Waals surface area contributed by atoms with Gasteiger partial charge in [0.2, 0.25) is 0 Å². The van der Waals surface area contributed by atoms with E-state index in [1.54, 1.807) is 18.2 Å². The highest BCUT2D eigenvalue weighted by atomic mass is 32.2. The molecule has 2 rings (SSSR count). The van der Waals surface area contributed by atoms with Crippen LogP contribution in [-0.2, 0) is 4.79 Å². The number of ether oxygens (including phenoxy) is 2. The van der Waals surface area contributed by atoms with Crippen LogP contribution in [0.15, 0.2) is 18.2 Å². The molecule has 1 amide bonds. The Morgan fingerprint density at radius 2 is 1.84 bits per heavy atom. The molecule has 1 aromatic carbocycles. The van der Waals surface area contributed by atoms with Gasteiger partial charge in [0.1, 0.15) is 11.5 Å². The predicted octanol–water partition coefficient (Wildman–Crippen LogP) is 1.92. The highest BCUT2D eigenvalue weighted by Crippen LogP contribution is 2.35. The van der Waals surface area contributed by atoms with Crippen LogP contribution in [0.25, 0.3) is 0 Å². The summed E-state index contributed by atoms with van der Waals surface area (Å²) < 4.78 is 10.4. The van der Waals surface area contributed by atoms with Crippen molar-refractivity contribution in [1.82, 2.24) is 4.90 Å². The summed E-state index contributed by atoms with van der Waals surface area (Å²) in [4.78, 5) is 26.0. The van der Waals surface area contributed by atoms with Gasteiger partial charge in [-0.15, -0.1) is 11.8 Å². The third kappa shape index (κ3) is 4.60. The third-order valence-corrected chi connectivity index (χ3v) is 5.61. The molecule has 0 aromatic heterocycles. The van der Waals surface area contributed by atoms with Gasteiger partial charge in [-0.2, -0.15) is 0 Å². The Balaban J connectivity index is 2.29. The highest BCUT2D eigenvalue weighted by Gasteiger charge is 2.38. The number of hydrogen-bond acceptors (Lipinski definition) is 6. The first-order chi connectivity index (χ1) is 12.0. The number of unbranched alkanes of at least 4 members (excludes halogenated alkanes) is 2. The Morgan fingerprint density at radius 1 is 1.20 bits per heavy atom. The molecule has 0 aliphatic carbocycles. The lowest BCUT2D eigenvalue weighted by molar-refractivity contribution is -0.310. The number of carboxylic acids is 1. The standard InChI is InChI=1S/C18H25NO5S/c1-4-5-6-7-16-19(15(11-25-16)18(21)22)17(20)12-8-13(23-2)10-14(9-12)24-3/h8-10,15-16H,4-7,11H2,1-3H3,(H,21,22)/p-1/t15-,16-/m0/s1. The average molecular weight is 366 g/mol. The quantitative estimate of drug-likeness (QED) is 0.654. The lowest BCUT2D eigenvalue weighted by Crippen LogP contribution is -2.50. The van der Waals surface area contributed by atoms with E-state index in [0.717, 1.165) is 25.7 Å². The van der Waals surface area contributed by atoms with Crippen molar-refractivity contribution in [3.63, 3.8) is 0 Å². The minimum Gasteiger partial charge on any atom is -0.548 e. The molecule has 1 aliphatic heterocycles. The maximum absolute atomic E-state index is 13.1. The van der Waals surface area contributed by atoms with Crippen LogP contribution >= 0.6 is 11.8 Å². The van der Waals surface area contributed by atoms with Gasteiger partial charge in [0.05, 0.1) is 31.6 Å². The van der Waals surface area contributed by atoms with E-state index in [-0.39, 0.29) is 11.3 Å². The molecule has 6 nitrogen and oxygen atoms in total. The van der Waals surface area contributed by atoms with E-state index in [1.807, 2.05) is 0 Å². The third-order valence-electron chi connectivity index (χ3n) is 4.25. The van der Waals surface area contributed by atoms with Crippen LogP contribution in [0.1, 0.15) is 43.0 Å². The van der Waals surface area contributed by atoms with Crippen molar-refractivity contribution < 1.29 is 24.2 Å². The van der Waals surface area contributed by atoms with Crippen LogP contribution in [0.3, 0.4) is 0 Å². The van der Waals surface area contributed by atoms with Crippen molar-refractivity contribution in [1.29, 1.82) is 0 Å². The fourth-order valence-electron chi connectivity index (χ4n) is 2.89. The highest BCUT2D eigenvalue weighted by molar-refractivity contribution is 8.00. The maximum atomic E-state index is 13.1. The van der Waals surface area contributed by atoms with E-state index < -0.39 is 12.0 Å². The SMILES string of the molecule is CCCCC[C@@H]1SC[C@@H](C(=O)[O-])N1C(=O)c1cc(OC)cc(OC)c1.